The fraction of sp³-hybridized carbons (Fsp3) is 1.00. The summed E-state index contributed by atoms with van der Waals surface area (Å²) in [6.07, 6.45) is 4.00. The molecule has 1 heterocycles. The minimum absolute atomic E-state index is 0.324. The smallest absolute Gasteiger partial charge is 0.0139 e. The van der Waals surface area contributed by atoms with E-state index >= 15 is 0 Å². The second-order valence-electron chi connectivity index (χ2n) is 4.67. The van der Waals surface area contributed by atoms with Crippen LogP contribution in [0, 0.1) is 5.41 Å². The Hall–Kier alpha value is -0.0800. The van der Waals surface area contributed by atoms with Crippen LogP contribution in [-0.2, 0) is 0 Å². The number of likely N-dealkylation sites (tertiary alicyclic amines) is 1. The lowest BCUT2D eigenvalue weighted by molar-refractivity contribution is 0.235. The maximum Gasteiger partial charge on any atom is 0.0139 e. The summed E-state index contributed by atoms with van der Waals surface area (Å²) in [5.74, 6) is 0. The van der Waals surface area contributed by atoms with Crippen LogP contribution in [-0.4, -0.2) is 30.6 Å². The van der Waals surface area contributed by atoms with E-state index in [2.05, 4.69) is 25.7 Å². The summed E-state index contributed by atoms with van der Waals surface area (Å²) in [6, 6.07) is 0.324. The van der Waals surface area contributed by atoms with E-state index in [9.17, 15) is 0 Å². The van der Waals surface area contributed by atoms with Crippen molar-refractivity contribution < 1.29 is 0 Å². The molecule has 13 heavy (non-hydrogen) atoms. The van der Waals surface area contributed by atoms with Crippen molar-refractivity contribution in [3.8, 4) is 0 Å². The van der Waals surface area contributed by atoms with Gasteiger partial charge in [-0.05, 0) is 38.1 Å². The van der Waals surface area contributed by atoms with Gasteiger partial charge in [-0.25, -0.2) is 0 Å². The highest BCUT2D eigenvalue weighted by Crippen LogP contribution is 2.36. The van der Waals surface area contributed by atoms with Gasteiger partial charge in [0.15, 0.2) is 0 Å². The third kappa shape index (κ3) is 2.68. The van der Waals surface area contributed by atoms with Crippen LogP contribution >= 0.6 is 0 Å². The van der Waals surface area contributed by atoms with Crippen molar-refractivity contribution in [2.75, 3.05) is 19.6 Å². The molecule has 0 aromatic rings. The maximum atomic E-state index is 5.80. The summed E-state index contributed by atoms with van der Waals surface area (Å²) >= 11 is 0. The van der Waals surface area contributed by atoms with E-state index in [0.29, 0.717) is 11.5 Å². The van der Waals surface area contributed by atoms with Crippen LogP contribution in [0.15, 0.2) is 0 Å². The largest absolute Gasteiger partial charge is 0.327 e. The molecular weight excluding hydrogens is 160 g/mol. The molecule has 0 aromatic heterocycles. The average molecular weight is 184 g/mol. The summed E-state index contributed by atoms with van der Waals surface area (Å²) in [5.41, 5.74) is 6.41. The second-order valence-corrected chi connectivity index (χ2v) is 4.67. The zero-order valence-electron chi connectivity index (χ0n) is 9.34. The van der Waals surface area contributed by atoms with Crippen molar-refractivity contribution >= 4 is 0 Å². The van der Waals surface area contributed by atoms with Gasteiger partial charge in [0, 0.05) is 19.1 Å². The predicted octanol–water partition coefficient (Wildman–Crippen LogP) is 1.85. The second kappa shape index (κ2) is 4.43. The fourth-order valence-corrected chi connectivity index (χ4v) is 2.42. The first-order valence-electron chi connectivity index (χ1n) is 5.60. The summed E-state index contributed by atoms with van der Waals surface area (Å²) in [4.78, 5) is 2.53. The lowest BCUT2D eigenvalue weighted by Crippen LogP contribution is -2.35. The van der Waals surface area contributed by atoms with Crippen molar-refractivity contribution in [2.24, 2.45) is 11.1 Å². The molecule has 1 rings (SSSR count). The van der Waals surface area contributed by atoms with Gasteiger partial charge in [-0.3, -0.25) is 0 Å². The van der Waals surface area contributed by atoms with Crippen molar-refractivity contribution in [1.82, 2.24) is 4.90 Å². The van der Waals surface area contributed by atoms with Crippen LogP contribution in [0.5, 0.6) is 0 Å². The van der Waals surface area contributed by atoms with Crippen molar-refractivity contribution in [3.05, 3.63) is 0 Å². The SMILES string of the molecule is CCC1(CC)CCN(C[C@H](C)N)C1. The molecule has 0 aliphatic carbocycles. The molecule has 2 N–H and O–H groups in total. The summed E-state index contributed by atoms with van der Waals surface area (Å²) < 4.78 is 0. The molecule has 0 amide bonds. The molecule has 0 radical (unpaired) electrons. The molecule has 1 saturated heterocycles. The van der Waals surface area contributed by atoms with E-state index < -0.39 is 0 Å². The molecule has 0 unspecified atom stereocenters. The molecule has 1 aliphatic heterocycles. The average Bonchev–Trinajstić information content (AvgIpc) is 2.48. The topological polar surface area (TPSA) is 29.3 Å². The normalized spacial score (nSPS) is 24.9. The number of nitrogens with two attached hydrogens (primary N) is 1. The zero-order valence-corrected chi connectivity index (χ0v) is 9.34. The molecule has 0 saturated carbocycles. The summed E-state index contributed by atoms with van der Waals surface area (Å²) in [6.45, 7) is 10.3. The third-order valence-corrected chi connectivity index (χ3v) is 3.56. The molecule has 0 bridgehead atoms. The van der Waals surface area contributed by atoms with Crippen LogP contribution in [0.4, 0.5) is 0 Å². The molecule has 1 atom stereocenters. The Balaban J connectivity index is 2.42. The molecule has 0 aromatic carbocycles. The lowest BCUT2D eigenvalue weighted by atomic mass is 9.82. The Kier molecular flexibility index (Phi) is 3.74. The first kappa shape index (κ1) is 11.0. The van der Waals surface area contributed by atoms with Crippen LogP contribution in [0.2, 0.25) is 0 Å². The monoisotopic (exact) mass is 184 g/mol. The van der Waals surface area contributed by atoms with Crippen LogP contribution < -0.4 is 5.73 Å². The van der Waals surface area contributed by atoms with E-state index in [1.54, 1.807) is 0 Å². The van der Waals surface area contributed by atoms with Gasteiger partial charge in [0.05, 0.1) is 0 Å². The highest BCUT2D eigenvalue weighted by molar-refractivity contribution is 4.88. The fourth-order valence-electron chi connectivity index (χ4n) is 2.42. The molecule has 1 aliphatic rings. The van der Waals surface area contributed by atoms with Crippen molar-refractivity contribution in [1.29, 1.82) is 0 Å². The Bertz CT molecular complexity index is 150. The molecule has 1 fully saturated rings. The van der Waals surface area contributed by atoms with E-state index in [-0.39, 0.29) is 0 Å². The first-order chi connectivity index (χ1) is 6.12. The quantitative estimate of drug-likeness (QED) is 0.722. The van der Waals surface area contributed by atoms with Crippen molar-refractivity contribution in [2.45, 2.75) is 46.1 Å². The van der Waals surface area contributed by atoms with Gasteiger partial charge < -0.3 is 10.6 Å². The molecule has 2 heteroatoms. The number of rotatable bonds is 4. The van der Waals surface area contributed by atoms with Gasteiger partial charge in [-0.15, -0.1) is 0 Å². The van der Waals surface area contributed by atoms with Gasteiger partial charge >= 0.3 is 0 Å². The van der Waals surface area contributed by atoms with Crippen LogP contribution in [0.1, 0.15) is 40.0 Å². The summed E-state index contributed by atoms with van der Waals surface area (Å²) in [7, 11) is 0. The Labute approximate surface area is 82.5 Å². The Morgan fingerprint density at radius 3 is 2.38 bits per heavy atom. The van der Waals surface area contributed by atoms with Crippen LogP contribution in [0.3, 0.4) is 0 Å². The van der Waals surface area contributed by atoms with Gasteiger partial charge in [-0.2, -0.15) is 0 Å². The minimum atomic E-state index is 0.324. The Morgan fingerprint density at radius 1 is 1.38 bits per heavy atom. The predicted molar refractivity (Wildman–Crippen MR) is 57.7 cm³/mol. The zero-order chi connectivity index (χ0) is 9.90. The maximum absolute atomic E-state index is 5.80. The van der Waals surface area contributed by atoms with Gasteiger partial charge in [-0.1, -0.05) is 13.8 Å². The van der Waals surface area contributed by atoms with Crippen molar-refractivity contribution in [3.63, 3.8) is 0 Å². The third-order valence-electron chi connectivity index (χ3n) is 3.56. The highest BCUT2D eigenvalue weighted by atomic mass is 15.2. The standard InChI is InChI=1S/C11H24N2/c1-4-11(5-2)6-7-13(9-11)8-10(3)12/h10H,4-9,12H2,1-3H3/t10-/m0/s1. The van der Waals surface area contributed by atoms with E-state index in [4.69, 9.17) is 5.73 Å². The van der Waals surface area contributed by atoms with Gasteiger partial charge in [0.2, 0.25) is 0 Å². The lowest BCUT2D eigenvalue weighted by Gasteiger charge is -2.27. The van der Waals surface area contributed by atoms with E-state index in [0.717, 1.165) is 6.54 Å². The van der Waals surface area contributed by atoms with Gasteiger partial charge in [0.25, 0.3) is 0 Å². The highest BCUT2D eigenvalue weighted by Gasteiger charge is 2.34. The molecule has 2 nitrogen and oxygen atoms in total. The van der Waals surface area contributed by atoms with Gasteiger partial charge in [0.1, 0.15) is 0 Å². The minimum Gasteiger partial charge on any atom is -0.327 e. The number of hydrogen-bond acceptors (Lipinski definition) is 2. The summed E-state index contributed by atoms with van der Waals surface area (Å²) in [5, 5.41) is 0. The molecule has 78 valence electrons. The molecular formula is C11H24N2. The van der Waals surface area contributed by atoms with E-state index in [1.165, 1.54) is 32.4 Å². The van der Waals surface area contributed by atoms with Crippen LogP contribution in [0.25, 0.3) is 0 Å². The molecule has 0 spiro atoms. The number of nitrogens with zero attached hydrogens (tertiary/aromatic N) is 1. The first-order valence-corrected chi connectivity index (χ1v) is 5.60. The number of hydrogen-bond donors (Lipinski definition) is 1. The van der Waals surface area contributed by atoms with E-state index in [1.807, 2.05) is 0 Å². The Morgan fingerprint density at radius 2 is 2.00 bits per heavy atom.